The Balaban J connectivity index is 1.43. The molecule has 0 bridgehead atoms. The zero-order valence-corrected chi connectivity index (χ0v) is 18.4. The van der Waals surface area contributed by atoms with E-state index in [2.05, 4.69) is 20.6 Å². The SMILES string of the molecule is Cc1ccc2cnc(NC3CCC(O)CC3)nc2c1OCC(=O)NC1CCS(O)(O)C1. The van der Waals surface area contributed by atoms with Crippen molar-refractivity contribution in [1.29, 1.82) is 0 Å². The van der Waals surface area contributed by atoms with E-state index in [9.17, 15) is 19.0 Å². The van der Waals surface area contributed by atoms with Gasteiger partial charge in [-0.15, -0.1) is 0 Å². The molecule has 2 aliphatic rings. The molecule has 1 saturated carbocycles. The van der Waals surface area contributed by atoms with Gasteiger partial charge in [0, 0.05) is 29.4 Å². The summed E-state index contributed by atoms with van der Waals surface area (Å²) in [5.41, 5.74) is 1.50. The van der Waals surface area contributed by atoms with Gasteiger partial charge >= 0.3 is 0 Å². The molecule has 10 heteroatoms. The molecule has 0 radical (unpaired) electrons. The summed E-state index contributed by atoms with van der Waals surface area (Å²) in [4.78, 5) is 21.4. The lowest BCUT2D eigenvalue weighted by atomic mass is 9.93. The number of anilines is 1. The van der Waals surface area contributed by atoms with Crippen molar-refractivity contribution in [2.75, 3.05) is 23.4 Å². The van der Waals surface area contributed by atoms with Crippen LogP contribution >= 0.6 is 10.6 Å². The maximum Gasteiger partial charge on any atom is 0.258 e. The number of nitrogens with zero attached hydrogens (tertiary/aromatic N) is 2. The average molecular weight is 451 g/mol. The van der Waals surface area contributed by atoms with E-state index in [1.165, 1.54) is 0 Å². The predicted molar refractivity (Wildman–Crippen MR) is 121 cm³/mol. The normalized spacial score (nSPS) is 26.4. The molecule has 31 heavy (non-hydrogen) atoms. The molecule has 1 aliphatic carbocycles. The van der Waals surface area contributed by atoms with Gasteiger partial charge in [0.1, 0.15) is 11.3 Å². The Morgan fingerprint density at radius 1 is 1.19 bits per heavy atom. The van der Waals surface area contributed by atoms with E-state index in [4.69, 9.17) is 4.74 Å². The molecule has 1 aliphatic heterocycles. The van der Waals surface area contributed by atoms with Gasteiger partial charge in [-0.25, -0.2) is 9.97 Å². The second kappa shape index (κ2) is 9.15. The molecule has 1 aromatic heterocycles. The molecule has 1 unspecified atom stereocenters. The molecule has 1 saturated heterocycles. The minimum Gasteiger partial charge on any atom is -0.481 e. The van der Waals surface area contributed by atoms with Crippen LogP contribution in [0.5, 0.6) is 5.75 Å². The Kier molecular flexibility index (Phi) is 6.52. The van der Waals surface area contributed by atoms with E-state index in [0.717, 1.165) is 36.6 Å². The second-order valence-corrected chi connectivity index (χ2v) is 10.9. The summed E-state index contributed by atoms with van der Waals surface area (Å²) >= 11 is 0. The molecular weight excluding hydrogens is 420 g/mol. The topological polar surface area (TPSA) is 137 Å². The quantitative estimate of drug-likeness (QED) is 0.453. The Hall–Kier alpha value is -2.14. The summed E-state index contributed by atoms with van der Waals surface area (Å²) in [5, 5.41) is 16.7. The Morgan fingerprint density at radius 3 is 2.68 bits per heavy atom. The van der Waals surface area contributed by atoms with Gasteiger partial charge in [0.2, 0.25) is 5.95 Å². The summed E-state index contributed by atoms with van der Waals surface area (Å²) in [6, 6.07) is 3.81. The second-order valence-electron chi connectivity index (χ2n) is 8.51. The van der Waals surface area contributed by atoms with Gasteiger partial charge in [-0.3, -0.25) is 13.9 Å². The van der Waals surface area contributed by atoms with Crippen LogP contribution in [-0.2, 0) is 4.79 Å². The monoisotopic (exact) mass is 450 g/mol. The Labute approximate surface area is 183 Å². The fourth-order valence-electron chi connectivity index (χ4n) is 4.17. The van der Waals surface area contributed by atoms with Crippen LogP contribution in [0.1, 0.15) is 37.7 Å². The molecule has 2 heterocycles. The van der Waals surface area contributed by atoms with E-state index in [-0.39, 0.29) is 36.5 Å². The van der Waals surface area contributed by atoms with E-state index in [0.29, 0.717) is 29.4 Å². The molecule has 1 atom stereocenters. The number of aliphatic hydroxyl groups is 1. The van der Waals surface area contributed by atoms with E-state index >= 15 is 0 Å². The lowest BCUT2D eigenvalue weighted by molar-refractivity contribution is -0.123. The molecule has 2 aromatic rings. The average Bonchev–Trinajstić information content (AvgIpc) is 3.07. The zero-order valence-electron chi connectivity index (χ0n) is 17.6. The number of carbonyl (C=O) groups is 1. The summed E-state index contributed by atoms with van der Waals surface area (Å²) in [6.07, 6.45) is 5.34. The van der Waals surface area contributed by atoms with E-state index in [1.807, 2.05) is 19.1 Å². The van der Waals surface area contributed by atoms with Crippen LogP contribution in [0, 0.1) is 6.92 Å². The first-order valence-corrected chi connectivity index (χ1v) is 12.5. The lowest BCUT2D eigenvalue weighted by Gasteiger charge is -2.26. The van der Waals surface area contributed by atoms with Gasteiger partial charge in [0.05, 0.1) is 11.9 Å². The number of aliphatic hydroxyl groups excluding tert-OH is 1. The minimum atomic E-state index is -2.56. The largest absolute Gasteiger partial charge is 0.481 e. The van der Waals surface area contributed by atoms with Gasteiger partial charge in [-0.2, -0.15) is 10.6 Å². The highest BCUT2D eigenvalue weighted by Crippen LogP contribution is 2.45. The van der Waals surface area contributed by atoms with Crippen molar-refractivity contribution in [2.24, 2.45) is 0 Å². The van der Waals surface area contributed by atoms with E-state index in [1.54, 1.807) is 6.20 Å². The third-order valence-corrected chi connectivity index (χ3v) is 7.73. The van der Waals surface area contributed by atoms with Gasteiger partial charge in [-0.05, 0) is 44.6 Å². The van der Waals surface area contributed by atoms with Gasteiger partial charge < -0.3 is 20.5 Å². The number of benzene rings is 1. The van der Waals surface area contributed by atoms with Crippen LogP contribution in [0.25, 0.3) is 10.9 Å². The van der Waals surface area contributed by atoms with Crippen molar-refractivity contribution >= 4 is 33.3 Å². The first kappa shape index (κ1) is 22.1. The van der Waals surface area contributed by atoms with Gasteiger partial charge in [0.25, 0.3) is 5.91 Å². The Morgan fingerprint density at radius 2 is 1.97 bits per heavy atom. The van der Waals surface area contributed by atoms with Crippen LogP contribution in [0.15, 0.2) is 18.3 Å². The summed E-state index contributed by atoms with van der Waals surface area (Å²) in [7, 11) is -2.56. The number of hydrogen-bond donors (Lipinski definition) is 5. The van der Waals surface area contributed by atoms with Crippen molar-refractivity contribution in [3.63, 3.8) is 0 Å². The van der Waals surface area contributed by atoms with Crippen molar-refractivity contribution in [2.45, 2.75) is 57.2 Å². The number of aryl methyl sites for hydroxylation is 1. The summed E-state index contributed by atoms with van der Waals surface area (Å²) < 4.78 is 25.3. The van der Waals surface area contributed by atoms with Gasteiger partial charge in [0.15, 0.2) is 6.61 Å². The predicted octanol–water partition coefficient (Wildman–Crippen LogP) is 2.67. The van der Waals surface area contributed by atoms with Crippen LogP contribution in [0.2, 0.25) is 0 Å². The first-order chi connectivity index (χ1) is 14.8. The molecule has 2 fully saturated rings. The van der Waals surface area contributed by atoms with Crippen molar-refractivity contribution in [3.8, 4) is 5.75 Å². The third-order valence-electron chi connectivity index (χ3n) is 5.91. The van der Waals surface area contributed by atoms with Crippen LogP contribution < -0.4 is 15.4 Å². The van der Waals surface area contributed by atoms with E-state index < -0.39 is 10.6 Å². The minimum absolute atomic E-state index is 0.178. The highest BCUT2D eigenvalue weighted by atomic mass is 32.3. The molecule has 9 nitrogen and oxygen atoms in total. The van der Waals surface area contributed by atoms with Gasteiger partial charge in [-0.1, -0.05) is 12.1 Å². The molecule has 0 spiro atoms. The number of ether oxygens (including phenoxy) is 1. The number of aromatic nitrogens is 2. The molecular formula is C21H30N4O5S. The molecule has 170 valence electrons. The maximum absolute atomic E-state index is 12.3. The van der Waals surface area contributed by atoms with Crippen LogP contribution in [0.3, 0.4) is 0 Å². The first-order valence-electron chi connectivity index (χ1n) is 10.7. The van der Waals surface area contributed by atoms with Crippen molar-refractivity contribution in [3.05, 3.63) is 23.9 Å². The number of amides is 1. The molecule has 1 amide bonds. The number of fused-ring (bicyclic) bond motifs is 1. The van der Waals surface area contributed by atoms with Crippen molar-refractivity contribution in [1.82, 2.24) is 15.3 Å². The molecule has 5 N–H and O–H groups in total. The van der Waals surface area contributed by atoms with Crippen LogP contribution in [-0.4, -0.2) is 66.4 Å². The fraction of sp³-hybridized carbons (Fsp3) is 0.571. The number of nitrogens with one attached hydrogen (secondary N) is 2. The number of hydrogen-bond acceptors (Lipinski definition) is 8. The highest BCUT2D eigenvalue weighted by molar-refractivity contribution is 8.24. The third kappa shape index (κ3) is 5.57. The lowest BCUT2D eigenvalue weighted by Crippen LogP contribution is -2.38. The summed E-state index contributed by atoms with van der Waals surface area (Å²) in [6.45, 7) is 1.72. The number of carbonyl (C=O) groups excluding carboxylic acids is 1. The van der Waals surface area contributed by atoms with Crippen LogP contribution in [0.4, 0.5) is 5.95 Å². The molecule has 1 aromatic carbocycles. The highest BCUT2D eigenvalue weighted by Gasteiger charge is 2.29. The molecule has 4 rings (SSSR count). The smallest absolute Gasteiger partial charge is 0.258 e. The standard InChI is InChI=1S/C21H30N4O5S/c1-13-2-3-14-10-22-21(24-15-4-6-17(26)7-5-15)25-19(14)20(13)30-11-18(27)23-16-8-9-31(28,29)12-16/h2-3,10,15-17,26,28-29H,4-9,11-12H2,1H3,(H,23,27)(H,22,24,25). The van der Waals surface area contributed by atoms with Crippen molar-refractivity contribution < 1.29 is 23.7 Å². The number of rotatable bonds is 6. The maximum atomic E-state index is 12.3. The zero-order chi connectivity index (χ0) is 22.0. The fourth-order valence-corrected chi connectivity index (χ4v) is 5.89. The summed E-state index contributed by atoms with van der Waals surface area (Å²) in [5.74, 6) is 1.27. The Bertz CT molecular complexity index is 949.